The van der Waals surface area contributed by atoms with Gasteiger partial charge in [0.25, 0.3) is 10.0 Å². The monoisotopic (exact) mass is 1250 g/mol. The van der Waals surface area contributed by atoms with Gasteiger partial charge in [0.2, 0.25) is 0 Å². The van der Waals surface area contributed by atoms with Gasteiger partial charge in [-0.3, -0.25) is 14.4 Å². The van der Waals surface area contributed by atoms with E-state index in [2.05, 4.69) is 21.7 Å². The summed E-state index contributed by atoms with van der Waals surface area (Å²) in [6, 6.07) is 0. The fourth-order valence-electron chi connectivity index (χ4n) is 12.1. The van der Waals surface area contributed by atoms with Gasteiger partial charge in [-0.05, 0) is 90.6 Å². The summed E-state index contributed by atoms with van der Waals surface area (Å²) in [5.41, 5.74) is -5.13. The van der Waals surface area contributed by atoms with Gasteiger partial charge < -0.3 is 88.0 Å². The van der Waals surface area contributed by atoms with Gasteiger partial charge in [0.15, 0.2) is 35.1 Å². The zero-order chi connectivity index (χ0) is 64.9. The minimum absolute atomic E-state index is 0.103. The van der Waals surface area contributed by atoms with Crippen molar-refractivity contribution in [1.82, 2.24) is 20.2 Å². The summed E-state index contributed by atoms with van der Waals surface area (Å²) < 4.78 is 97.9. The van der Waals surface area contributed by atoms with Crippen LogP contribution in [0.2, 0.25) is 0 Å². The van der Waals surface area contributed by atoms with Gasteiger partial charge in [-0.15, -0.1) is 5.10 Å². The standard InChI is InChI=1S/C57H95N5O23S/c1-26(2)19-38(63)81-44-32(8)43(29(5)24-77-53-47(76-18)46(75-17)41(65)35(11)80-53)83-51(68)34(10)45(82-39-22-56(15,70)49(67)36(12)79-39)31(7)42(84-52-40(64)27(3)20-30(6)78-52)28(4)21-57(16,48(66)33(44)9)85-54(69)60-55(13,14)25-59-86(73,74)37-23-58-61-50(37)62(71)72/h23,26,28-36,39-47,49,52-53,59,64-65,67,70H,3,19-22,24-25H2,1-2,4-18H3,(H,58,61)(H,60,69)/t28-,29-,30+,31+,32-,33+,34+,35+,36-,39-,40+,41+,42-,43+,44+,45-,46+,47+,49-,52-,53+,56+,57-/m0/s1. The molecule has 4 aliphatic rings. The highest BCUT2D eigenvalue weighted by Gasteiger charge is 2.54. The Morgan fingerprint density at radius 3 is 2.13 bits per heavy atom. The molecule has 1 amide bonds. The maximum Gasteiger partial charge on any atom is 0.408 e. The molecule has 0 aromatic carbocycles. The molecule has 28 nitrogen and oxygen atoms in total. The van der Waals surface area contributed by atoms with Crippen LogP contribution in [-0.2, 0) is 76.5 Å². The highest BCUT2D eigenvalue weighted by atomic mass is 32.2. The molecule has 5 heterocycles. The Morgan fingerprint density at radius 1 is 0.895 bits per heavy atom. The van der Waals surface area contributed by atoms with E-state index in [0.717, 1.165) is 6.20 Å². The SMILES string of the molecule is C=C1C[C@@H](C)O[C@@H](O[C@@H]2[C@@H](C)[C@H](O[C@H]3C[C@@](C)(O)[C@@H](O)[C@H](C)O3)[C@@H](C)C(=O)O[C@H]([C@@H](C)CO[C@@H]3O[C@H](C)[C@@H](O)[C@@H](OC)[C@H]3OC)[C@H](C)[C@@H](OC(=O)CC(C)C)[C@@H](C)C(=O)[C@@](C)(OC(=O)NC(C)(C)CNS(=O)(=O)c3cn[nH]c3[N+](=O)[O-])C[C@@H]2C)[C@@H]1O. The van der Waals surface area contributed by atoms with E-state index < -0.39 is 207 Å². The molecule has 86 heavy (non-hydrogen) atoms. The molecule has 1 aromatic heterocycles. The van der Waals surface area contributed by atoms with E-state index in [-0.39, 0.29) is 31.8 Å². The summed E-state index contributed by atoms with van der Waals surface area (Å²) >= 11 is 0. The first-order valence-corrected chi connectivity index (χ1v) is 30.8. The number of aromatic nitrogens is 2. The van der Waals surface area contributed by atoms with Crippen molar-refractivity contribution >= 4 is 39.7 Å². The normalized spacial score (nSPS) is 38.6. The number of aliphatic hydroxyl groups excluding tert-OH is 3. The number of H-pyrrole nitrogens is 1. The Kier molecular flexibility index (Phi) is 24.9. The summed E-state index contributed by atoms with van der Waals surface area (Å²) in [4.78, 5) is 69.8. The number of nitrogens with zero attached hydrogens (tertiary/aromatic N) is 2. The molecule has 4 aliphatic heterocycles. The minimum Gasteiger partial charge on any atom is -0.461 e. The first-order chi connectivity index (χ1) is 39.8. The largest absolute Gasteiger partial charge is 0.461 e. The molecular formula is C57H95N5O23S. The molecule has 23 atom stereocenters. The quantitative estimate of drug-likeness (QED) is 0.0321. The van der Waals surface area contributed by atoms with Gasteiger partial charge in [0.1, 0.15) is 42.7 Å². The fourth-order valence-corrected chi connectivity index (χ4v) is 13.3. The maximum atomic E-state index is 15.9. The number of esters is 2. The highest BCUT2D eigenvalue weighted by molar-refractivity contribution is 7.89. The van der Waals surface area contributed by atoms with Crippen molar-refractivity contribution < 1.29 is 105 Å². The van der Waals surface area contributed by atoms with E-state index in [4.69, 9.17) is 52.1 Å². The van der Waals surface area contributed by atoms with Gasteiger partial charge >= 0.3 is 23.8 Å². The topological polar surface area (TPSA) is 381 Å². The molecule has 4 fully saturated rings. The Bertz CT molecular complexity index is 2610. The summed E-state index contributed by atoms with van der Waals surface area (Å²) in [5, 5.41) is 64.7. The van der Waals surface area contributed by atoms with Gasteiger partial charge in [0, 0.05) is 51.4 Å². The number of amides is 1. The predicted octanol–water partition coefficient (Wildman–Crippen LogP) is 3.74. The number of ketones is 1. The molecule has 0 aliphatic carbocycles. The van der Waals surface area contributed by atoms with Gasteiger partial charge in [-0.1, -0.05) is 60.1 Å². The summed E-state index contributed by atoms with van der Waals surface area (Å²) in [6.07, 6.45) is -17.9. The van der Waals surface area contributed by atoms with Crippen LogP contribution >= 0.6 is 0 Å². The third-order valence-corrected chi connectivity index (χ3v) is 18.3. The number of hydrogen-bond donors (Lipinski definition) is 7. The van der Waals surface area contributed by atoms with Crippen molar-refractivity contribution in [2.75, 3.05) is 27.4 Å². The molecule has 0 bridgehead atoms. The van der Waals surface area contributed by atoms with Gasteiger partial charge in [0.05, 0.1) is 66.3 Å². The van der Waals surface area contributed by atoms with Crippen LogP contribution in [0.25, 0.3) is 0 Å². The lowest BCUT2D eigenvalue weighted by atomic mass is 9.74. The number of methoxy groups -OCH3 is 2. The molecule has 5 rings (SSSR count). The van der Waals surface area contributed by atoms with Gasteiger partial charge in [-0.25, -0.2) is 17.9 Å². The number of carbonyl (C=O) groups is 4. The Hall–Kier alpha value is -4.34. The lowest BCUT2D eigenvalue weighted by Gasteiger charge is -2.47. The number of cyclic esters (lactones) is 1. The summed E-state index contributed by atoms with van der Waals surface area (Å²) in [6.45, 7) is 27.1. The number of hydrogen-bond acceptors (Lipinski definition) is 24. The molecule has 0 spiro atoms. The second-order valence-electron chi connectivity index (χ2n) is 25.6. The Morgan fingerprint density at radius 2 is 1.53 bits per heavy atom. The first kappa shape index (κ1) is 72.4. The molecule has 0 radical (unpaired) electrons. The smallest absolute Gasteiger partial charge is 0.408 e. The molecule has 1 aromatic rings. The fraction of sp³-hybridized carbons (Fsp3) is 0.842. The Labute approximate surface area is 503 Å². The van der Waals surface area contributed by atoms with Gasteiger partial charge in [-0.2, -0.15) is 0 Å². The number of nitrogens with one attached hydrogen (secondary N) is 3. The Balaban J connectivity index is 1.69. The number of carbonyl (C=O) groups excluding carboxylic acids is 4. The van der Waals surface area contributed by atoms with Crippen molar-refractivity contribution in [3.63, 3.8) is 0 Å². The average molecular weight is 1250 g/mol. The van der Waals surface area contributed by atoms with Crippen LogP contribution in [-0.4, -0.2) is 204 Å². The molecule has 7 N–H and O–H groups in total. The summed E-state index contributed by atoms with van der Waals surface area (Å²) in [5.74, 6) is -10.0. The number of ether oxygens (including phenoxy) is 11. The lowest BCUT2D eigenvalue weighted by molar-refractivity contribution is -0.392. The van der Waals surface area contributed by atoms with E-state index in [0.29, 0.717) is 5.57 Å². The van der Waals surface area contributed by atoms with E-state index in [1.54, 1.807) is 69.2 Å². The third kappa shape index (κ3) is 17.5. The lowest BCUT2D eigenvalue weighted by Crippen LogP contribution is -2.59. The van der Waals surface area contributed by atoms with Crippen LogP contribution < -0.4 is 10.0 Å². The number of nitro groups is 1. The molecule has 0 unspecified atom stereocenters. The number of aliphatic hydroxyl groups is 4. The van der Waals surface area contributed by atoms with Crippen LogP contribution in [0.15, 0.2) is 23.2 Å². The van der Waals surface area contributed by atoms with Crippen molar-refractivity contribution in [3.05, 3.63) is 28.5 Å². The van der Waals surface area contributed by atoms with Crippen molar-refractivity contribution in [2.45, 2.75) is 243 Å². The van der Waals surface area contributed by atoms with Crippen LogP contribution in [0.4, 0.5) is 10.6 Å². The number of rotatable bonds is 20. The summed E-state index contributed by atoms with van der Waals surface area (Å²) in [7, 11) is -1.81. The van der Waals surface area contributed by atoms with Crippen LogP contribution in [0, 0.1) is 51.5 Å². The highest BCUT2D eigenvalue weighted by Crippen LogP contribution is 2.42. The maximum absolute atomic E-state index is 15.9. The number of alkyl carbamates (subject to hydrolysis) is 1. The van der Waals surface area contributed by atoms with E-state index in [9.17, 15) is 48.5 Å². The number of Topliss-reactive ketones (excluding diaryl/α,β-unsaturated/α-hetero) is 1. The second-order valence-corrected chi connectivity index (χ2v) is 27.3. The van der Waals surface area contributed by atoms with Crippen LogP contribution in [0.5, 0.6) is 0 Å². The van der Waals surface area contributed by atoms with E-state index in [1.165, 1.54) is 48.8 Å². The first-order valence-electron chi connectivity index (χ1n) is 29.3. The zero-order valence-electron chi connectivity index (χ0n) is 52.6. The number of sulfonamides is 1. The predicted molar refractivity (Wildman–Crippen MR) is 304 cm³/mol. The second kappa shape index (κ2) is 29.5. The minimum atomic E-state index is -4.61. The molecule has 29 heteroatoms. The van der Waals surface area contributed by atoms with E-state index in [1.807, 2.05) is 5.10 Å². The van der Waals surface area contributed by atoms with Crippen LogP contribution in [0.3, 0.4) is 0 Å². The van der Waals surface area contributed by atoms with Crippen molar-refractivity contribution in [2.24, 2.45) is 41.4 Å². The zero-order valence-corrected chi connectivity index (χ0v) is 53.4. The molecule has 4 saturated heterocycles. The van der Waals surface area contributed by atoms with Crippen molar-refractivity contribution in [3.8, 4) is 0 Å². The van der Waals surface area contributed by atoms with Crippen LogP contribution in [0.1, 0.15) is 130 Å². The van der Waals surface area contributed by atoms with Crippen molar-refractivity contribution in [1.29, 1.82) is 0 Å². The van der Waals surface area contributed by atoms with E-state index >= 15 is 9.59 Å². The molecular weight excluding hydrogens is 1150 g/mol. The average Bonchev–Trinajstić information content (AvgIpc) is 1.33. The number of aromatic amines is 1. The molecule has 0 saturated carbocycles. The molecule has 492 valence electrons. The third-order valence-electron chi connectivity index (χ3n) is 16.9.